The monoisotopic (exact) mass is 600 g/mol. The first-order chi connectivity index (χ1) is 20.4. The third kappa shape index (κ3) is 6.26. The maximum atomic E-state index is 14.1. The van der Waals surface area contributed by atoms with Gasteiger partial charge in [0.2, 0.25) is 0 Å². The molecule has 43 heavy (non-hydrogen) atoms. The number of piperazine rings is 1. The molecule has 2 aliphatic heterocycles. The fourth-order valence-corrected chi connectivity index (χ4v) is 6.51. The van der Waals surface area contributed by atoms with Crippen molar-refractivity contribution in [2.45, 2.75) is 32.2 Å². The molecule has 2 amide bonds. The van der Waals surface area contributed by atoms with E-state index in [0.717, 1.165) is 52.1 Å². The number of benzene rings is 2. The molecule has 8 nitrogen and oxygen atoms in total. The number of nitrogens with one attached hydrogen (secondary N) is 1. The molecular formula is C34H41ClN6O2. The minimum atomic E-state index is -0.0790. The van der Waals surface area contributed by atoms with E-state index in [9.17, 15) is 9.59 Å². The molecule has 0 bridgehead atoms. The number of rotatable bonds is 7. The van der Waals surface area contributed by atoms with Gasteiger partial charge in [0.15, 0.2) is 0 Å². The number of fused-ring (bicyclic) bond motifs is 1. The summed E-state index contributed by atoms with van der Waals surface area (Å²) < 4.78 is 2.14. The molecule has 1 N–H and O–H groups in total. The highest BCUT2D eigenvalue weighted by Crippen LogP contribution is 2.35. The van der Waals surface area contributed by atoms with E-state index in [1.54, 1.807) is 6.20 Å². The first-order valence-corrected chi connectivity index (χ1v) is 15.0. The third-order valence-corrected chi connectivity index (χ3v) is 8.95. The maximum Gasteiger partial charge on any atom is 0.256 e. The Morgan fingerprint density at radius 3 is 2.40 bits per heavy atom. The molecule has 1 atom stereocenters. The van der Waals surface area contributed by atoms with Gasteiger partial charge in [-0.15, -0.1) is 12.4 Å². The summed E-state index contributed by atoms with van der Waals surface area (Å²) in [6.45, 7) is 6.47. The van der Waals surface area contributed by atoms with Crippen LogP contribution < -0.4 is 10.2 Å². The van der Waals surface area contributed by atoms with Crippen LogP contribution in [0.25, 0.3) is 22.2 Å². The maximum absolute atomic E-state index is 14.1. The molecule has 0 spiro atoms. The number of amides is 2. The lowest BCUT2D eigenvalue weighted by Crippen LogP contribution is -2.49. The average Bonchev–Trinajstić information content (AvgIpc) is 3.56. The number of carbonyl (C=O) groups excluding carboxylic acids is 2. The lowest BCUT2D eigenvalue weighted by Gasteiger charge is -2.35. The van der Waals surface area contributed by atoms with Crippen LogP contribution in [0.4, 0.5) is 5.82 Å². The van der Waals surface area contributed by atoms with Crippen LogP contribution in [0.15, 0.2) is 66.9 Å². The van der Waals surface area contributed by atoms with E-state index in [-0.39, 0.29) is 24.2 Å². The van der Waals surface area contributed by atoms with Crippen LogP contribution in [-0.4, -0.2) is 83.5 Å². The summed E-state index contributed by atoms with van der Waals surface area (Å²) >= 11 is 0. The number of anilines is 1. The molecule has 2 aromatic heterocycles. The van der Waals surface area contributed by atoms with Gasteiger partial charge in [-0.05, 0) is 69.6 Å². The van der Waals surface area contributed by atoms with E-state index in [0.29, 0.717) is 44.3 Å². The number of pyridine rings is 1. The van der Waals surface area contributed by atoms with Crippen molar-refractivity contribution in [2.24, 2.45) is 7.05 Å². The highest BCUT2D eigenvalue weighted by molar-refractivity contribution is 6.13. The summed E-state index contributed by atoms with van der Waals surface area (Å²) in [5, 5.41) is 4.04. The average molecular weight is 601 g/mol. The summed E-state index contributed by atoms with van der Waals surface area (Å²) in [6.07, 6.45) is 5.08. The molecule has 9 heteroatoms. The summed E-state index contributed by atoms with van der Waals surface area (Å²) in [5.41, 5.74) is 5.53. The minimum absolute atomic E-state index is 0. The standard InChI is InChI=1S/C34H40N6O2.ClH/c1-24-11-13-29-28(22-24)31(32(38(29)3)25-8-5-4-6-9-25)34(42)40-20-18-39(19-21-40)30-14-12-26(23-36-30)33(41)35-16-15-27-10-7-17-37(27)2;/h4-6,8-9,11-14,22-23,27H,7,10,15-21H2,1-3H3,(H,35,41);1H. The predicted molar refractivity (Wildman–Crippen MR) is 175 cm³/mol. The van der Waals surface area contributed by atoms with Crippen molar-refractivity contribution < 1.29 is 9.59 Å². The van der Waals surface area contributed by atoms with Crippen LogP contribution >= 0.6 is 12.4 Å². The number of hydrogen-bond acceptors (Lipinski definition) is 5. The molecule has 0 saturated carbocycles. The largest absolute Gasteiger partial charge is 0.353 e. The lowest BCUT2D eigenvalue weighted by molar-refractivity contribution is 0.0748. The molecule has 2 saturated heterocycles. The van der Waals surface area contributed by atoms with Gasteiger partial charge in [-0.25, -0.2) is 4.98 Å². The Morgan fingerprint density at radius 1 is 0.953 bits per heavy atom. The summed E-state index contributed by atoms with van der Waals surface area (Å²) in [4.78, 5) is 37.9. The first-order valence-electron chi connectivity index (χ1n) is 15.0. The van der Waals surface area contributed by atoms with Crippen molar-refractivity contribution in [1.29, 1.82) is 0 Å². The smallest absolute Gasteiger partial charge is 0.256 e. The molecule has 4 heterocycles. The van der Waals surface area contributed by atoms with E-state index >= 15 is 0 Å². The second kappa shape index (κ2) is 13.2. The number of nitrogens with zero attached hydrogens (tertiary/aromatic N) is 5. The highest BCUT2D eigenvalue weighted by atomic mass is 35.5. The third-order valence-electron chi connectivity index (χ3n) is 8.95. The summed E-state index contributed by atoms with van der Waals surface area (Å²) in [7, 11) is 4.20. The zero-order valence-corrected chi connectivity index (χ0v) is 26.1. The van der Waals surface area contributed by atoms with Gasteiger partial charge in [0, 0.05) is 62.9 Å². The molecule has 0 radical (unpaired) electrons. The van der Waals surface area contributed by atoms with Crippen molar-refractivity contribution in [3.63, 3.8) is 0 Å². The predicted octanol–water partition coefficient (Wildman–Crippen LogP) is 5.15. The van der Waals surface area contributed by atoms with Gasteiger partial charge in [-0.1, -0.05) is 42.0 Å². The zero-order chi connectivity index (χ0) is 29.2. The molecule has 0 aliphatic carbocycles. The van der Waals surface area contributed by atoms with Gasteiger partial charge < -0.3 is 24.6 Å². The van der Waals surface area contributed by atoms with Crippen LogP contribution in [0.1, 0.15) is 45.5 Å². The molecule has 1 unspecified atom stereocenters. The van der Waals surface area contributed by atoms with Crippen molar-refractivity contribution >= 4 is 40.9 Å². The molecule has 226 valence electrons. The van der Waals surface area contributed by atoms with Gasteiger partial charge in [0.25, 0.3) is 11.8 Å². The van der Waals surface area contributed by atoms with Crippen molar-refractivity contribution in [1.82, 2.24) is 24.7 Å². The van der Waals surface area contributed by atoms with Crippen molar-refractivity contribution in [2.75, 3.05) is 51.2 Å². The molecule has 6 rings (SSSR count). The number of hydrogen-bond donors (Lipinski definition) is 1. The number of likely N-dealkylation sites (tertiary alicyclic amines) is 1. The van der Waals surface area contributed by atoms with Crippen LogP contribution in [0, 0.1) is 6.92 Å². The van der Waals surface area contributed by atoms with Gasteiger partial charge >= 0.3 is 0 Å². The number of halogens is 1. The van der Waals surface area contributed by atoms with Gasteiger partial charge in [0.1, 0.15) is 5.82 Å². The second-order valence-electron chi connectivity index (χ2n) is 11.7. The fraction of sp³-hybridized carbons (Fsp3) is 0.382. The molecular weight excluding hydrogens is 560 g/mol. The van der Waals surface area contributed by atoms with Crippen molar-refractivity contribution in [3.8, 4) is 11.3 Å². The molecule has 2 aromatic carbocycles. The van der Waals surface area contributed by atoms with Gasteiger partial charge in [-0.3, -0.25) is 9.59 Å². The highest BCUT2D eigenvalue weighted by Gasteiger charge is 2.29. The Labute approximate surface area is 260 Å². The topological polar surface area (TPSA) is 73.7 Å². The summed E-state index contributed by atoms with van der Waals surface area (Å²) in [5.74, 6) is 0.815. The molecule has 4 aromatic rings. The Balaban J connectivity index is 0.00000368. The van der Waals surface area contributed by atoms with E-state index in [1.165, 1.54) is 12.8 Å². The SMILES string of the molecule is Cc1ccc2c(c1)c(C(=O)N1CCN(c3ccc(C(=O)NCCC4CCCN4C)cn3)CC1)c(-c1ccccc1)n2C.Cl. The lowest BCUT2D eigenvalue weighted by atomic mass is 10.0. The fourth-order valence-electron chi connectivity index (χ4n) is 6.51. The van der Waals surface area contributed by atoms with E-state index in [2.05, 4.69) is 69.0 Å². The zero-order valence-electron chi connectivity index (χ0n) is 25.3. The second-order valence-corrected chi connectivity index (χ2v) is 11.7. The number of aromatic nitrogens is 2. The van der Waals surface area contributed by atoms with Crippen LogP contribution in [0.2, 0.25) is 0 Å². The molecule has 2 fully saturated rings. The van der Waals surface area contributed by atoms with E-state index in [4.69, 9.17) is 0 Å². The van der Waals surface area contributed by atoms with Crippen LogP contribution in [-0.2, 0) is 7.05 Å². The van der Waals surface area contributed by atoms with E-state index in [1.807, 2.05) is 42.3 Å². The van der Waals surface area contributed by atoms with Gasteiger partial charge in [-0.2, -0.15) is 0 Å². The Morgan fingerprint density at radius 2 is 1.72 bits per heavy atom. The van der Waals surface area contributed by atoms with E-state index < -0.39 is 0 Å². The minimum Gasteiger partial charge on any atom is -0.353 e. The number of carbonyl (C=O) groups is 2. The number of aryl methyl sites for hydroxylation is 2. The first kappa shape index (κ1) is 30.6. The normalized spacial score (nSPS) is 17.2. The Kier molecular flexibility index (Phi) is 9.37. The molecule has 2 aliphatic rings. The Hall–Kier alpha value is -3.88. The van der Waals surface area contributed by atoms with Gasteiger partial charge in [0.05, 0.1) is 16.8 Å². The quantitative estimate of drug-likeness (QED) is 0.318. The van der Waals surface area contributed by atoms with Crippen LogP contribution in [0.5, 0.6) is 0 Å². The van der Waals surface area contributed by atoms with Crippen molar-refractivity contribution in [3.05, 3.63) is 83.6 Å². The summed E-state index contributed by atoms with van der Waals surface area (Å²) in [6, 6.07) is 20.8. The van der Waals surface area contributed by atoms with Crippen LogP contribution in [0.3, 0.4) is 0 Å². The Bertz CT molecular complexity index is 1580.